The van der Waals surface area contributed by atoms with Gasteiger partial charge in [-0.05, 0) is 0 Å². The topological polar surface area (TPSA) is 35.5 Å². The van der Waals surface area contributed by atoms with Gasteiger partial charge in [-0.3, -0.25) is 0 Å². The van der Waals surface area contributed by atoms with E-state index in [0.29, 0.717) is 12.2 Å². The van der Waals surface area contributed by atoms with E-state index in [1.165, 1.54) is 0 Å². The molecule has 1 fully saturated rings. The van der Waals surface area contributed by atoms with Crippen LogP contribution in [0.1, 0.15) is 6.42 Å². The van der Waals surface area contributed by atoms with Gasteiger partial charge in [0, 0.05) is 6.42 Å². The van der Waals surface area contributed by atoms with Gasteiger partial charge in [0.2, 0.25) is 0 Å². The van der Waals surface area contributed by atoms with Crippen molar-refractivity contribution >= 4 is 6.16 Å². The van der Waals surface area contributed by atoms with Crippen LogP contribution in [0.25, 0.3) is 0 Å². The Morgan fingerprint density at radius 1 is 1.70 bits per heavy atom. The van der Waals surface area contributed by atoms with Gasteiger partial charge < -0.3 is 9.47 Å². The van der Waals surface area contributed by atoms with Crippen molar-refractivity contribution in [1.82, 2.24) is 0 Å². The van der Waals surface area contributed by atoms with Gasteiger partial charge in [-0.15, -0.1) is 6.58 Å². The average Bonchev–Trinajstić information content (AvgIpc) is 2.13. The first-order valence-corrected chi connectivity index (χ1v) is 2.92. The molecule has 1 heterocycles. The summed E-state index contributed by atoms with van der Waals surface area (Å²) >= 11 is 0. The lowest BCUT2D eigenvalue weighted by Crippen LogP contribution is -2.05. The fourth-order valence-electron chi connectivity index (χ4n) is 0.710. The van der Waals surface area contributed by atoms with E-state index in [-0.39, 0.29) is 6.10 Å². The van der Waals surface area contributed by atoms with Gasteiger partial charge in [0.25, 0.3) is 0 Å². The van der Waals surface area contributed by atoms with E-state index >= 15 is 0 Å². The Bertz CT molecular complexity index is 183. The van der Waals surface area contributed by atoms with Crippen molar-refractivity contribution in [3.8, 4) is 0 Å². The minimum absolute atomic E-state index is 0.329. The Balaban J connectivity index is 2.54. The Hall–Kier alpha value is -1.25. The SMILES string of the molecule is C=CCC1OC(=O)OC1=C. The molecule has 10 heavy (non-hydrogen) atoms. The third-order valence-electron chi connectivity index (χ3n) is 1.19. The number of hydrogen-bond acceptors (Lipinski definition) is 3. The van der Waals surface area contributed by atoms with Crippen molar-refractivity contribution in [1.29, 1.82) is 0 Å². The summed E-state index contributed by atoms with van der Waals surface area (Å²) in [6.45, 7) is 6.98. The van der Waals surface area contributed by atoms with E-state index in [0.717, 1.165) is 0 Å². The predicted octanol–water partition coefficient (Wildman–Crippen LogP) is 1.61. The molecule has 0 spiro atoms. The molecule has 0 N–H and O–H groups in total. The van der Waals surface area contributed by atoms with E-state index in [1.54, 1.807) is 6.08 Å². The van der Waals surface area contributed by atoms with Crippen LogP contribution >= 0.6 is 0 Å². The minimum Gasteiger partial charge on any atom is -0.422 e. The summed E-state index contributed by atoms with van der Waals surface area (Å²) in [6.07, 6.45) is 1.21. The Labute approximate surface area is 58.9 Å². The zero-order valence-electron chi connectivity index (χ0n) is 5.50. The second kappa shape index (κ2) is 2.56. The van der Waals surface area contributed by atoms with Crippen LogP contribution in [0.3, 0.4) is 0 Å². The van der Waals surface area contributed by atoms with Crippen molar-refractivity contribution in [2.24, 2.45) is 0 Å². The molecule has 3 heteroatoms. The number of carbonyl (C=O) groups excluding carboxylic acids is 1. The zero-order chi connectivity index (χ0) is 7.56. The third kappa shape index (κ3) is 1.18. The van der Waals surface area contributed by atoms with Gasteiger partial charge >= 0.3 is 6.16 Å². The van der Waals surface area contributed by atoms with E-state index in [1.807, 2.05) is 0 Å². The summed E-state index contributed by atoms with van der Waals surface area (Å²) in [4.78, 5) is 10.4. The van der Waals surface area contributed by atoms with Gasteiger partial charge in [-0.25, -0.2) is 4.79 Å². The van der Waals surface area contributed by atoms with Crippen molar-refractivity contribution in [2.45, 2.75) is 12.5 Å². The minimum atomic E-state index is -0.670. The Kier molecular flexibility index (Phi) is 1.76. The van der Waals surface area contributed by atoms with Crippen molar-refractivity contribution in [3.05, 3.63) is 25.0 Å². The molecule has 1 saturated heterocycles. The summed E-state index contributed by atoms with van der Waals surface area (Å²) in [5, 5.41) is 0. The fourth-order valence-corrected chi connectivity index (χ4v) is 0.710. The van der Waals surface area contributed by atoms with Crippen LogP contribution in [0, 0.1) is 0 Å². The molecule has 54 valence electrons. The largest absolute Gasteiger partial charge is 0.514 e. The molecule has 3 nitrogen and oxygen atoms in total. The quantitative estimate of drug-likeness (QED) is 0.431. The van der Waals surface area contributed by atoms with Crippen LogP contribution in [-0.4, -0.2) is 12.3 Å². The predicted molar refractivity (Wildman–Crippen MR) is 35.3 cm³/mol. The first kappa shape index (κ1) is 6.86. The van der Waals surface area contributed by atoms with E-state index in [4.69, 9.17) is 0 Å². The highest BCUT2D eigenvalue weighted by molar-refractivity contribution is 5.64. The number of rotatable bonds is 2. The third-order valence-corrected chi connectivity index (χ3v) is 1.19. The van der Waals surface area contributed by atoms with Crippen LogP contribution in [-0.2, 0) is 9.47 Å². The van der Waals surface area contributed by atoms with Crippen LogP contribution in [0.2, 0.25) is 0 Å². The van der Waals surface area contributed by atoms with Gasteiger partial charge in [-0.1, -0.05) is 12.7 Å². The standard InChI is InChI=1S/C7H8O3/c1-3-4-6-5(2)9-7(8)10-6/h3,6H,1-2,4H2. The molecular formula is C7H8O3. The molecule has 0 aromatic rings. The van der Waals surface area contributed by atoms with Crippen molar-refractivity contribution in [2.75, 3.05) is 0 Å². The molecule has 0 bridgehead atoms. The lowest BCUT2D eigenvalue weighted by molar-refractivity contribution is 0.119. The molecule has 0 amide bonds. The van der Waals surface area contributed by atoms with Crippen molar-refractivity contribution < 1.29 is 14.3 Å². The summed E-state index contributed by atoms with van der Waals surface area (Å²) in [7, 11) is 0. The maximum absolute atomic E-state index is 10.4. The highest BCUT2D eigenvalue weighted by Gasteiger charge is 2.28. The number of hydrogen-bond donors (Lipinski definition) is 0. The molecule has 0 saturated carbocycles. The number of cyclic esters (lactones) is 2. The first-order chi connectivity index (χ1) is 4.74. The monoisotopic (exact) mass is 140 g/mol. The van der Waals surface area contributed by atoms with Crippen LogP contribution in [0.5, 0.6) is 0 Å². The van der Waals surface area contributed by atoms with Crippen LogP contribution in [0.15, 0.2) is 25.0 Å². The van der Waals surface area contributed by atoms with Crippen LogP contribution < -0.4 is 0 Å². The molecule has 0 aromatic heterocycles. The fraction of sp³-hybridized carbons (Fsp3) is 0.286. The maximum Gasteiger partial charge on any atom is 0.514 e. The molecular weight excluding hydrogens is 132 g/mol. The van der Waals surface area contributed by atoms with E-state index in [9.17, 15) is 4.79 Å². The Morgan fingerprint density at radius 3 is 2.80 bits per heavy atom. The van der Waals surface area contributed by atoms with Crippen LogP contribution in [0.4, 0.5) is 4.79 Å². The number of carbonyl (C=O) groups is 1. The molecule has 1 atom stereocenters. The Morgan fingerprint density at radius 2 is 2.40 bits per heavy atom. The summed E-state index contributed by atoms with van der Waals surface area (Å²) < 4.78 is 9.21. The zero-order valence-corrected chi connectivity index (χ0v) is 5.50. The molecule has 1 unspecified atom stereocenters. The highest BCUT2D eigenvalue weighted by atomic mass is 16.8. The van der Waals surface area contributed by atoms with Gasteiger partial charge in [0.15, 0.2) is 6.10 Å². The van der Waals surface area contributed by atoms with E-state index < -0.39 is 6.16 Å². The van der Waals surface area contributed by atoms with Gasteiger partial charge in [-0.2, -0.15) is 0 Å². The van der Waals surface area contributed by atoms with Gasteiger partial charge in [0.05, 0.1) is 0 Å². The first-order valence-electron chi connectivity index (χ1n) is 2.92. The lowest BCUT2D eigenvalue weighted by Gasteiger charge is -2.00. The number of ether oxygens (including phenoxy) is 2. The molecule has 0 aliphatic carbocycles. The molecule has 1 aliphatic rings. The summed E-state index contributed by atoms with van der Waals surface area (Å²) in [5.74, 6) is 0.366. The molecule has 0 radical (unpaired) electrons. The second-order valence-electron chi connectivity index (χ2n) is 1.95. The van der Waals surface area contributed by atoms with Crippen molar-refractivity contribution in [3.63, 3.8) is 0 Å². The van der Waals surface area contributed by atoms with E-state index in [2.05, 4.69) is 22.6 Å². The highest BCUT2D eigenvalue weighted by Crippen LogP contribution is 2.19. The average molecular weight is 140 g/mol. The maximum atomic E-state index is 10.4. The van der Waals surface area contributed by atoms with Gasteiger partial charge in [0.1, 0.15) is 5.76 Å². The second-order valence-corrected chi connectivity index (χ2v) is 1.95. The lowest BCUT2D eigenvalue weighted by atomic mass is 10.2. The smallest absolute Gasteiger partial charge is 0.422 e. The molecule has 1 aliphatic heterocycles. The normalized spacial score (nSPS) is 23.8. The molecule has 1 rings (SSSR count). The summed E-state index contributed by atoms with van der Waals surface area (Å²) in [6, 6.07) is 0. The summed E-state index contributed by atoms with van der Waals surface area (Å²) in [5.41, 5.74) is 0. The molecule has 0 aromatic carbocycles.